The van der Waals surface area contributed by atoms with Crippen LogP contribution in [0.5, 0.6) is 5.88 Å². The highest BCUT2D eigenvalue weighted by Crippen LogP contribution is 2.21. The largest absolute Gasteiger partial charge is 0.478 e. The molecule has 4 heteroatoms. The van der Waals surface area contributed by atoms with Gasteiger partial charge in [-0.3, -0.25) is 0 Å². The highest BCUT2D eigenvalue weighted by atomic mass is 16.5. The van der Waals surface area contributed by atoms with Gasteiger partial charge in [0, 0.05) is 6.07 Å². The number of ether oxygens (including phenoxy) is 1. The summed E-state index contributed by atoms with van der Waals surface area (Å²) in [6.07, 6.45) is 0.656. The molecule has 0 fully saturated rings. The van der Waals surface area contributed by atoms with Crippen molar-refractivity contribution in [2.24, 2.45) is 0 Å². The Labute approximate surface area is 94.6 Å². The van der Waals surface area contributed by atoms with E-state index in [1.807, 2.05) is 13.8 Å². The molecular formula is C12H15NO3. The summed E-state index contributed by atoms with van der Waals surface area (Å²) in [7, 11) is 0. The summed E-state index contributed by atoms with van der Waals surface area (Å²) in [4.78, 5) is 15.1. The number of rotatable bonds is 5. The van der Waals surface area contributed by atoms with Crippen LogP contribution in [0, 0.1) is 0 Å². The third-order valence-corrected chi connectivity index (χ3v) is 2.15. The Kier molecular flexibility index (Phi) is 4.05. The Morgan fingerprint density at radius 3 is 2.69 bits per heavy atom. The van der Waals surface area contributed by atoms with E-state index in [4.69, 9.17) is 9.84 Å². The zero-order valence-corrected chi connectivity index (χ0v) is 9.49. The van der Waals surface area contributed by atoms with Gasteiger partial charge in [-0.1, -0.05) is 13.5 Å². The smallest absolute Gasteiger partial charge is 0.337 e. The van der Waals surface area contributed by atoms with Gasteiger partial charge in [-0.15, -0.1) is 0 Å². The number of aromatic carboxylic acids is 1. The minimum absolute atomic E-state index is 0.162. The molecule has 0 aromatic carbocycles. The van der Waals surface area contributed by atoms with E-state index in [0.717, 1.165) is 0 Å². The van der Waals surface area contributed by atoms with E-state index in [1.165, 1.54) is 6.07 Å². The van der Waals surface area contributed by atoms with Gasteiger partial charge >= 0.3 is 5.97 Å². The minimum Gasteiger partial charge on any atom is -0.478 e. The van der Waals surface area contributed by atoms with Gasteiger partial charge in [0.15, 0.2) is 0 Å². The van der Waals surface area contributed by atoms with Gasteiger partial charge in [-0.25, -0.2) is 9.78 Å². The zero-order valence-electron chi connectivity index (χ0n) is 9.49. The average molecular weight is 221 g/mol. The first-order valence-corrected chi connectivity index (χ1v) is 5.15. The topological polar surface area (TPSA) is 59.4 Å². The molecule has 0 saturated heterocycles. The van der Waals surface area contributed by atoms with Crippen LogP contribution >= 0.6 is 0 Å². The van der Waals surface area contributed by atoms with E-state index in [-0.39, 0.29) is 5.56 Å². The molecule has 0 aliphatic rings. The molecular weight excluding hydrogens is 206 g/mol. The van der Waals surface area contributed by atoms with Crippen LogP contribution in [0.3, 0.4) is 0 Å². The number of nitrogens with zero attached hydrogens (tertiary/aromatic N) is 1. The zero-order chi connectivity index (χ0) is 12.1. The number of hydrogen-bond donors (Lipinski definition) is 1. The Balaban J connectivity index is 3.21. The van der Waals surface area contributed by atoms with Gasteiger partial charge in [-0.2, -0.15) is 0 Å². The third kappa shape index (κ3) is 2.59. The van der Waals surface area contributed by atoms with Crippen molar-refractivity contribution < 1.29 is 14.6 Å². The number of pyridine rings is 1. The maximum absolute atomic E-state index is 11.0. The molecule has 1 N–H and O–H groups in total. The average Bonchev–Trinajstić information content (AvgIpc) is 2.28. The maximum atomic E-state index is 11.0. The molecule has 1 heterocycles. The summed E-state index contributed by atoms with van der Waals surface area (Å²) in [6.45, 7) is 8.06. The Hall–Kier alpha value is -1.84. The van der Waals surface area contributed by atoms with Crippen LogP contribution in [0.4, 0.5) is 0 Å². The highest BCUT2D eigenvalue weighted by Gasteiger charge is 2.14. The summed E-state index contributed by atoms with van der Waals surface area (Å²) in [5.41, 5.74) is 1.26. The van der Waals surface area contributed by atoms with Crippen LogP contribution in [-0.2, 0) is 0 Å². The molecule has 0 spiro atoms. The number of carbonyl (C=O) groups is 1. The van der Waals surface area contributed by atoms with E-state index in [9.17, 15) is 4.79 Å². The second-order valence-electron chi connectivity index (χ2n) is 3.24. The predicted molar refractivity (Wildman–Crippen MR) is 61.7 cm³/mol. The van der Waals surface area contributed by atoms with Crippen LogP contribution in [-0.4, -0.2) is 22.7 Å². The van der Waals surface area contributed by atoms with Crippen molar-refractivity contribution in [2.45, 2.75) is 20.3 Å². The molecule has 0 unspecified atom stereocenters. The number of aromatic nitrogens is 1. The number of hydrogen-bond acceptors (Lipinski definition) is 3. The fraction of sp³-hybridized carbons (Fsp3) is 0.333. The second-order valence-corrected chi connectivity index (χ2v) is 3.24. The van der Waals surface area contributed by atoms with E-state index in [0.29, 0.717) is 30.2 Å². The van der Waals surface area contributed by atoms with Crippen LogP contribution in [0.15, 0.2) is 18.7 Å². The summed E-state index contributed by atoms with van der Waals surface area (Å²) in [6, 6.07) is 3.05. The molecule has 16 heavy (non-hydrogen) atoms. The molecule has 1 aromatic rings. The van der Waals surface area contributed by atoms with Crippen molar-refractivity contribution in [1.82, 2.24) is 4.98 Å². The molecule has 0 aliphatic carbocycles. The van der Waals surface area contributed by atoms with E-state index in [2.05, 4.69) is 11.6 Å². The summed E-state index contributed by atoms with van der Waals surface area (Å²) in [5.74, 6) is -0.572. The maximum Gasteiger partial charge on any atom is 0.337 e. The first kappa shape index (κ1) is 12.2. The molecule has 4 nitrogen and oxygen atoms in total. The fourth-order valence-corrected chi connectivity index (χ4v) is 1.28. The molecule has 86 valence electrons. The van der Waals surface area contributed by atoms with E-state index < -0.39 is 5.97 Å². The Morgan fingerprint density at radius 2 is 2.19 bits per heavy atom. The van der Waals surface area contributed by atoms with Gasteiger partial charge in [0.05, 0.1) is 17.9 Å². The lowest BCUT2D eigenvalue weighted by Gasteiger charge is -2.09. The van der Waals surface area contributed by atoms with Gasteiger partial charge < -0.3 is 9.84 Å². The minimum atomic E-state index is -1.000. The monoisotopic (exact) mass is 221 g/mol. The summed E-state index contributed by atoms with van der Waals surface area (Å²) >= 11 is 0. The first-order chi connectivity index (χ1) is 7.60. The molecule has 1 aromatic heterocycles. The second kappa shape index (κ2) is 5.30. The van der Waals surface area contributed by atoms with Gasteiger partial charge in [-0.05, 0) is 25.0 Å². The van der Waals surface area contributed by atoms with Gasteiger partial charge in [0.2, 0.25) is 5.88 Å². The first-order valence-electron chi connectivity index (χ1n) is 5.15. The predicted octanol–water partition coefficient (Wildman–Crippen LogP) is 2.60. The molecule has 0 amide bonds. The van der Waals surface area contributed by atoms with Gasteiger partial charge in [0.1, 0.15) is 0 Å². The number of allylic oxidation sites excluding steroid dienone is 1. The lowest BCUT2D eigenvalue weighted by atomic mass is 10.1. The summed E-state index contributed by atoms with van der Waals surface area (Å²) < 4.78 is 5.23. The lowest BCUT2D eigenvalue weighted by molar-refractivity contribution is 0.0696. The molecule has 0 atom stereocenters. The van der Waals surface area contributed by atoms with Gasteiger partial charge in [0.25, 0.3) is 0 Å². The lowest BCUT2D eigenvalue weighted by Crippen LogP contribution is -2.06. The fourth-order valence-electron chi connectivity index (χ4n) is 1.28. The van der Waals surface area contributed by atoms with Crippen LogP contribution in [0.25, 0.3) is 5.57 Å². The molecule has 1 rings (SSSR count). The van der Waals surface area contributed by atoms with E-state index in [1.54, 1.807) is 6.07 Å². The quantitative estimate of drug-likeness (QED) is 0.830. The normalized spacial score (nSPS) is 9.88. The van der Waals surface area contributed by atoms with Crippen molar-refractivity contribution in [3.63, 3.8) is 0 Å². The van der Waals surface area contributed by atoms with Crippen molar-refractivity contribution in [1.29, 1.82) is 0 Å². The third-order valence-electron chi connectivity index (χ3n) is 2.15. The molecule has 0 bridgehead atoms. The molecule has 0 radical (unpaired) electrons. The standard InChI is InChI=1S/C12H15NO3/c1-4-8(3)11-9(12(14)15)6-7-10(13-11)16-5-2/h6-7H,3-5H2,1-2H3,(H,14,15). The van der Waals surface area contributed by atoms with Crippen molar-refractivity contribution in [3.05, 3.63) is 30.0 Å². The number of carboxylic acids is 1. The Bertz CT molecular complexity index is 413. The highest BCUT2D eigenvalue weighted by molar-refractivity contribution is 5.93. The Morgan fingerprint density at radius 1 is 1.50 bits per heavy atom. The van der Waals surface area contributed by atoms with Crippen molar-refractivity contribution >= 4 is 11.5 Å². The molecule has 0 aliphatic heterocycles. The number of carboxylic acid groups (broad SMARTS) is 1. The SMILES string of the molecule is C=C(CC)c1nc(OCC)ccc1C(=O)O. The van der Waals surface area contributed by atoms with Crippen LogP contribution < -0.4 is 4.74 Å². The van der Waals surface area contributed by atoms with E-state index >= 15 is 0 Å². The van der Waals surface area contributed by atoms with Crippen molar-refractivity contribution in [2.75, 3.05) is 6.61 Å². The summed E-state index contributed by atoms with van der Waals surface area (Å²) in [5, 5.41) is 9.01. The van der Waals surface area contributed by atoms with Crippen LogP contribution in [0.2, 0.25) is 0 Å². The van der Waals surface area contributed by atoms with Crippen molar-refractivity contribution in [3.8, 4) is 5.88 Å². The molecule has 0 saturated carbocycles. The van der Waals surface area contributed by atoms with Crippen LogP contribution in [0.1, 0.15) is 36.3 Å².